The topological polar surface area (TPSA) is 101 Å². The van der Waals surface area contributed by atoms with Gasteiger partial charge in [0.1, 0.15) is 11.6 Å². The number of aliphatic hydroxyl groups is 1. The van der Waals surface area contributed by atoms with Crippen LogP contribution in [0.1, 0.15) is 6.92 Å². The molecule has 0 unspecified atom stereocenters. The Morgan fingerprint density at radius 3 is 2.80 bits per heavy atom. The Bertz CT molecular complexity index is 441. The predicted octanol–water partition coefficient (Wildman–Crippen LogP) is 0.867. The summed E-state index contributed by atoms with van der Waals surface area (Å²) in [6, 6.07) is 2.78. The molecule has 0 aliphatic rings. The normalized spacial score (nSPS) is 10.3. The summed E-state index contributed by atoms with van der Waals surface area (Å²) in [6.07, 6.45) is 0. The number of rotatable bonds is 9. The summed E-state index contributed by atoms with van der Waals surface area (Å²) in [6.45, 7) is 3.72. The number of pyridine rings is 1. The molecule has 0 aromatic carbocycles. The van der Waals surface area contributed by atoms with Gasteiger partial charge in [-0.2, -0.15) is 0 Å². The quantitative estimate of drug-likeness (QED) is 0.512. The number of methoxy groups -OCH3 is 1. The Hall–Kier alpha value is -1.93. The average molecular weight is 284 g/mol. The molecular formula is C12H20N4O4. The van der Waals surface area contributed by atoms with Crippen molar-refractivity contribution in [3.63, 3.8) is 0 Å². The molecule has 1 aromatic rings. The second-order valence-electron chi connectivity index (χ2n) is 4.06. The van der Waals surface area contributed by atoms with Gasteiger partial charge in [-0.15, -0.1) is 0 Å². The summed E-state index contributed by atoms with van der Waals surface area (Å²) in [7, 11) is 1.57. The third kappa shape index (κ3) is 4.63. The molecule has 0 fully saturated rings. The minimum absolute atomic E-state index is 0.0358. The first kappa shape index (κ1) is 16.1. The Morgan fingerprint density at radius 2 is 2.25 bits per heavy atom. The molecule has 1 rings (SSSR count). The molecule has 0 saturated carbocycles. The van der Waals surface area contributed by atoms with Crippen LogP contribution in [-0.4, -0.2) is 55.0 Å². The minimum atomic E-state index is -0.459. The van der Waals surface area contributed by atoms with Gasteiger partial charge in [-0.3, -0.25) is 10.1 Å². The monoisotopic (exact) mass is 284 g/mol. The molecule has 0 amide bonds. The van der Waals surface area contributed by atoms with Crippen molar-refractivity contribution in [3.8, 4) is 0 Å². The molecule has 0 spiro atoms. The lowest BCUT2D eigenvalue weighted by Gasteiger charge is -2.22. The summed E-state index contributed by atoms with van der Waals surface area (Å²) in [5.41, 5.74) is -0.0358. The van der Waals surface area contributed by atoms with Crippen molar-refractivity contribution in [1.29, 1.82) is 0 Å². The van der Waals surface area contributed by atoms with Gasteiger partial charge >= 0.3 is 0 Å². The number of hydrogen-bond acceptors (Lipinski definition) is 7. The van der Waals surface area contributed by atoms with E-state index in [2.05, 4.69) is 10.3 Å². The molecule has 0 radical (unpaired) electrons. The maximum absolute atomic E-state index is 11.0. The van der Waals surface area contributed by atoms with Crippen LogP contribution in [0.25, 0.3) is 0 Å². The highest BCUT2D eigenvalue weighted by Crippen LogP contribution is 2.23. The number of hydrogen-bond donors (Lipinski definition) is 2. The second-order valence-corrected chi connectivity index (χ2v) is 4.06. The molecular weight excluding hydrogens is 264 g/mol. The summed E-state index contributed by atoms with van der Waals surface area (Å²) >= 11 is 0. The Labute approximate surface area is 117 Å². The van der Waals surface area contributed by atoms with E-state index in [1.807, 2.05) is 6.92 Å². The van der Waals surface area contributed by atoms with E-state index in [1.54, 1.807) is 12.0 Å². The lowest BCUT2D eigenvalue weighted by atomic mass is 10.3. The van der Waals surface area contributed by atoms with Crippen molar-refractivity contribution in [2.75, 3.05) is 50.2 Å². The van der Waals surface area contributed by atoms with Crippen LogP contribution < -0.4 is 10.2 Å². The van der Waals surface area contributed by atoms with Crippen molar-refractivity contribution in [1.82, 2.24) is 4.98 Å². The average Bonchev–Trinajstić information content (AvgIpc) is 2.43. The van der Waals surface area contributed by atoms with Gasteiger partial charge in [-0.25, -0.2) is 4.98 Å². The van der Waals surface area contributed by atoms with Crippen molar-refractivity contribution in [2.24, 2.45) is 0 Å². The maximum atomic E-state index is 11.0. The fraction of sp³-hybridized carbons (Fsp3) is 0.583. The van der Waals surface area contributed by atoms with Crippen LogP contribution in [0, 0.1) is 10.1 Å². The Balaban J connectivity index is 3.07. The third-order valence-electron chi connectivity index (χ3n) is 2.62. The number of ether oxygens (including phenoxy) is 1. The predicted molar refractivity (Wildman–Crippen MR) is 76.2 cm³/mol. The summed E-state index contributed by atoms with van der Waals surface area (Å²) in [5.74, 6) is 0.887. The molecule has 1 aromatic heterocycles. The van der Waals surface area contributed by atoms with Gasteiger partial charge in [0.25, 0.3) is 5.69 Å². The maximum Gasteiger partial charge on any atom is 0.276 e. The summed E-state index contributed by atoms with van der Waals surface area (Å²) in [5, 5.41) is 23.0. The third-order valence-corrected chi connectivity index (χ3v) is 2.62. The van der Waals surface area contributed by atoms with Gasteiger partial charge in [0, 0.05) is 26.7 Å². The molecule has 0 atom stereocenters. The molecule has 0 bridgehead atoms. The first-order valence-electron chi connectivity index (χ1n) is 6.37. The number of nitro groups is 1. The first-order valence-corrected chi connectivity index (χ1v) is 6.37. The van der Waals surface area contributed by atoms with E-state index in [-0.39, 0.29) is 12.3 Å². The molecule has 8 heteroatoms. The van der Waals surface area contributed by atoms with Gasteiger partial charge in [0.2, 0.25) is 0 Å². The van der Waals surface area contributed by atoms with Gasteiger partial charge < -0.3 is 20.1 Å². The van der Waals surface area contributed by atoms with E-state index >= 15 is 0 Å². The highest BCUT2D eigenvalue weighted by atomic mass is 16.6. The molecule has 2 N–H and O–H groups in total. The number of anilines is 2. The van der Waals surface area contributed by atoms with Crippen LogP contribution in [0.5, 0.6) is 0 Å². The van der Waals surface area contributed by atoms with Crippen molar-refractivity contribution in [2.45, 2.75) is 6.92 Å². The van der Waals surface area contributed by atoms with Gasteiger partial charge in [0.05, 0.1) is 30.3 Å². The summed E-state index contributed by atoms with van der Waals surface area (Å²) < 4.78 is 4.99. The zero-order chi connectivity index (χ0) is 15.0. The largest absolute Gasteiger partial charge is 0.395 e. The van der Waals surface area contributed by atoms with Crippen LogP contribution in [0.15, 0.2) is 12.1 Å². The van der Waals surface area contributed by atoms with Crippen LogP contribution in [0.4, 0.5) is 17.3 Å². The lowest BCUT2D eigenvalue weighted by Crippen LogP contribution is -2.31. The highest BCUT2D eigenvalue weighted by molar-refractivity contribution is 5.55. The molecule has 0 saturated heterocycles. The SMILES string of the molecule is CCNc1cc([N+](=O)[O-])cc(N(CCO)CCOC)n1. The minimum Gasteiger partial charge on any atom is -0.395 e. The van der Waals surface area contributed by atoms with Crippen molar-refractivity contribution < 1.29 is 14.8 Å². The van der Waals surface area contributed by atoms with Gasteiger partial charge in [-0.1, -0.05) is 0 Å². The number of nitrogens with one attached hydrogen (secondary N) is 1. The number of aliphatic hydroxyl groups excluding tert-OH is 1. The summed E-state index contributed by atoms with van der Waals surface area (Å²) in [4.78, 5) is 16.6. The van der Waals surface area contributed by atoms with Crippen molar-refractivity contribution in [3.05, 3.63) is 22.2 Å². The zero-order valence-electron chi connectivity index (χ0n) is 11.7. The second kappa shape index (κ2) is 8.28. The molecule has 0 aliphatic carbocycles. The molecule has 8 nitrogen and oxygen atoms in total. The molecule has 112 valence electrons. The Kier molecular flexibility index (Phi) is 6.68. The smallest absolute Gasteiger partial charge is 0.276 e. The van der Waals surface area contributed by atoms with Crippen LogP contribution >= 0.6 is 0 Å². The number of nitrogens with zero attached hydrogens (tertiary/aromatic N) is 3. The van der Waals surface area contributed by atoms with Gasteiger partial charge in [0.15, 0.2) is 0 Å². The number of aromatic nitrogens is 1. The fourth-order valence-electron chi connectivity index (χ4n) is 1.70. The highest BCUT2D eigenvalue weighted by Gasteiger charge is 2.15. The van der Waals surface area contributed by atoms with E-state index < -0.39 is 4.92 Å². The van der Waals surface area contributed by atoms with E-state index in [0.717, 1.165) is 0 Å². The van der Waals surface area contributed by atoms with Crippen LogP contribution in [0.3, 0.4) is 0 Å². The van der Waals surface area contributed by atoms with Crippen LogP contribution in [-0.2, 0) is 4.74 Å². The van der Waals surface area contributed by atoms with Gasteiger partial charge in [-0.05, 0) is 6.92 Å². The van der Waals surface area contributed by atoms with E-state index in [4.69, 9.17) is 9.84 Å². The van der Waals surface area contributed by atoms with Crippen molar-refractivity contribution >= 4 is 17.3 Å². The van der Waals surface area contributed by atoms with E-state index in [9.17, 15) is 10.1 Å². The molecule has 1 heterocycles. The van der Waals surface area contributed by atoms with Crippen LogP contribution in [0.2, 0.25) is 0 Å². The molecule has 0 aliphatic heterocycles. The fourth-order valence-corrected chi connectivity index (χ4v) is 1.70. The van der Waals surface area contributed by atoms with E-state index in [1.165, 1.54) is 12.1 Å². The Morgan fingerprint density at radius 1 is 1.50 bits per heavy atom. The van der Waals surface area contributed by atoms with E-state index in [0.29, 0.717) is 37.9 Å². The lowest BCUT2D eigenvalue weighted by molar-refractivity contribution is -0.384. The first-order chi connectivity index (χ1) is 9.62. The zero-order valence-corrected chi connectivity index (χ0v) is 11.7. The standard InChI is InChI=1S/C12H20N4O4/c1-3-13-11-8-10(16(18)19)9-12(14-11)15(4-6-17)5-7-20-2/h8-9,17H,3-7H2,1-2H3,(H,13,14). The molecule has 20 heavy (non-hydrogen) atoms.